The van der Waals surface area contributed by atoms with Gasteiger partial charge in [0.25, 0.3) is 0 Å². The van der Waals surface area contributed by atoms with Gasteiger partial charge in [-0.3, -0.25) is 5.43 Å². The second-order valence-electron chi connectivity index (χ2n) is 4.86. The van der Waals surface area contributed by atoms with Gasteiger partial charge in [-0.05, 0) is 26.0 Å². The fourth-order valence-corrected chi connectivity index (χ4v) is 1.98. The van der Waals surface area contributed by atoms with Crippen LogP contribution in [0.4, 0.5) is 5.82 Å². The van der Waals surface area contributed by atoms with Crippen LogP contribution in [-0.4, -0.2) is 16.2 Å². The standard InChI is InChI=1S/C17H16N4O/c1-12-13(2)19-17(14-7-4-3-5-8-14)20-16(12)21-18-11-15-9-6-10-22-15/h3-11H,1-2H3,(H,19,20,21). The molecule has 0 fully saturated rings. The van der Waals surface area contributed by atoms with E-state index < -0.39 is 0 Å². The first-order chi connectivity index (χ1) is 10.7. The zero-order valence-corrected chi connectivity index (χ0v) is 12.4. The molecule has 0 aliphatic heterocycles. The van der Waals surface area contributed by atoms with Gasteiger partial charge in [-0.25, -0.2) is 9.97 Å². The molecule has 0 atom stereocenters. The Kier molecular flexibility index (Phi) is 3.96. The van der Waals surface area contributed by atoms with Crippen LogP contribution in [0.15, 0.2) is 58.2 Å². The minimum absolute atomic E-state index is 0.680. The Bertz CT molecular complexity index is 780. The van der Waals surface area contributed by atoms with Crippen molar-refractivity contribution >= 4 is 12.0 Å². The van der Waals surface area contributed by atoms with Gasteiger partial charge in [0.05, 0.1) is 12.5 Å². The lowest BCUT2D eigenvalue weighted by molar-refractivity contribution is 0.560. The molecule has 0 aliphatic carbocycles. The second kappa shape index (κ2) is 6.22. The SMILES string of the molecule is Cc1nc(-c2ccccc2)nc(NN=Cc2ccco2)c1C. The number of furan rings is 1. The highest BCUT2D eigenvalue weighted by molar-refractivity contribution is 5.76. The Morgan fingerprint density at radius 3 is 2.59 bits per heavy atom. The fraction of sp³-hybridized carbons (Fsp3) is 0.118. The van der Waals surface area contributed by atoms with Crippen molar-refractivity contribution in [2.75, 3.05) is 5.43 Å². The zero-order valence-electron chi connectivity index (χ0n) is 12.4. The van der Waals surface area contributed by atoms with Gasteiger partial charge < -0.3 is 4.42 Å². The van der Waals surface area contributed by atoms with Crippen LogP contribution < -0.4 is 5.43 Å². The lowest BCUT2D eigenvalue weighted by Gasteiger charge is -2.09. The molecule has 0 unspecified atom stereocenters. The molecule has 0 bridgehead atoms. The van der Waals surface area contributed by atoms with Crippen LogP contribution in [0.25, 0.3) is 11.4 Å². The number of aromatic nitrogens is 2. The van der Waals surface area contributed by atoms with Gasteiger partial charge in [0.15, 0.2) is 11.6 Å². The van der Waals surface area contributed by atoms with E-state index in [2.05, 4.69) is 20.5 Å². The molecule has 110 valence electrons. The number of anilines is 1. The fourth-order valence-electron chi connectivity index (χ4n) is 1.98. The normalized spacial score (nSPS) is 11.0. The van der Waals surface area contributed by atoms with Gasteiger partial charge in [0, 0.05) is 16.8 Å². The number of nitrogens with zero attached hydrogens (tertiary/aromatic N) is 3. The van der Waals surface area contributed by atoms with Crippen molar-refractivity contribution in [3.8, 4) is 11.4 Å². The maximum Gasteiger partial charge on any atom is 0.161 e. The third kappa shape index (κ3) is 3.03. The zero-order chi connectivity index (χ0) is 15.4. The lowest BCUT2D eigenvalue weighted by Crippen LogP contribution is -2.02. The predicted molar refractivity (Wildman–Crippen MR) is 86.9 cm³/mol. The Balaban J connectivity index is 1.89. The first kappa shape index (κ1) is 14.0. The molecule has 3 aromatic rings. The number of hydrazone groups is 1. The Morgan fingerprint density at radius 1 is 1.05 bits per heavy atom. The van der Waals surface area contributed by atoms with E-state index in [1.807, 2.05) is 56.3 Å². The van der Waals surface area contributed by atoms with Crippen molar-refractivity contribution in [2.45, 2.75) is 13.8 Å². The van der Waals surface area contributed by atoms with Gasteiger partial charge in [-0.1, -0.05) is 30.3 Å². The maximum atomic E-state index is 5.20. The average molecular weight is 292 g/mol. The summed E-state index contributed by atoms with van der Waals surface area (Å²) in [4.78, 5) is 9.10. The van der Waals surface area contributed by atoms with Crippen molar-refractivity contribution in [2.24, 2.45) is 5.10 Å². The van der Waals surface area contributed by atoms with Gasteiger partial charge in [0.1, 0.15) is 5.76 Å². The van der Waals surface area contributed by atoms with Gasteiger partial charge in [0.2, 0.25) is 0 Å². The first-order valence-corrected chi connectivity index (χ1v) is 6.97. The van der Waals surface area contributed by atoms with E-state index in [1.54, 1.807) is 12.5 Å². The van der Waals surface area contributed by atoms with Crippen molar-refractivity contribution in [1.82, 2.24) is 9.97 Å². The molecule has 0 amide bonds. The van der Waals surface area contributed by atoms with E-state index >= 15 is 0 Å². The van der Waals surface area contributed by atoms with E-state index in [-0.39, 0.29) is 0 Å². The molecule has 22 heavy (non-hydrogen) atoms. The number of rotatable bonds is 4. The average Bonchev–Trinajstić information content (AvgIpc) is 3.05. The van der Waals surface area contributed by atoms with E-state index in [9.17, 15) is 0 Å². The van der Waals surface area contributed by atoms with Crippen molar-refractivity contribution in [1.29, 1.82) is 0 Å². The summed E-state index contributed by atoms with van der Waals surface area (Å²) in [7, 11) is 0. The number of benzene rings is 1. The van der Waals surface area contributed by atoms with Crippen LogP contribution in [0.1, 0.15) is 17.0 Å². The molecule has 1 aromatic carbocycles. The van der Waals surface area contributed by atoms with E-state index in [0.29, 0.717) is 17.4 Å². The number of hydrogen-bond donors (Lipinski definition) is 1. The maximum absolute atomic E-state index is 5.20. The molecule has 5 nitrogen and oxygen atoms in total. The molecule has 1 N–H and O–H groups in total. The van der Waals surface area contributed by atoms with Crippen molar-refractivity contribution in [3.05, 3.63) is 65.7 Å². The molecule has 0 spiro atoms. The predicted octanol–water partition coefficient (Wildman–Crippen LogP) is 3.80. The van der Waals surface area contributed by atoms with Crippen LogP contribution in [-0.2, 0) is 0 Å². The molecular weight excluding hydrogens is 276 g/mol. The summed E-state index contributed by atoms with van der Waals surface area (Å²) < 4.78 is 5.20. The summed E-state index contributed by atoms with van der Waals surface area (Å²) in [5.74, 6) is 2.05. The topological polar surface area (TPSA) is 63.3 Å². The third-order valence-corrected chi connectivity index (χ3v) is 3.33. The second-order valence-corrected chi connectivity index (χ2v) is 4.86. The molecule has 2 heterocycles. The van der Waals surface area contributed by atoms with Crippen molar-refractivity contribution in [3.63, 3.8) is 0 Å². The van der Waals surface area contributed by atoms with E-state index in [4.69, 9.17) is 4.42 Å². The summed E-state index contributed by atoms with van der Waals surface area (Å²) in [6.07, 6.45) is 3.22. The van der Waals surface area contributed by atoms with E-state index in [0.717, 1.165) is 16.8 Å². The highest BCUT2D eigenvalue weighted by Crippen LogP contribution is 2.21. The Labute approximate surface area is 128 Å². The van der Waals surface area contributed by atoms with Gasteiger partial charge >= 0.3 is 0 Å². The molecule has 0 saturated carbocycles. The first-order valence-electron chi connectivity index (χ1n) is 6.97. The molecule has 2 aromatic heterocycles. The van der Waals surface area contributed by atoms with Gasteiger partial charge in [-0.15, -0.1) is 0 Å². The molecular formula is C17H16N4O. The highest BCUT2D eigenvalue weighted by atomic mass is 16.3. The monoisotopic (exact) mass is 292 g/mol. The van der Waals surface area contributed by atoms with Crippen LogP contribution >= 0.6 is 0 Å². The smallest absolute Gasteiger partial charge is 0.161 e. The summed E-state index contributed by atoms with van der Waals surface area (Å²) >= 11 is 0. The number of aryl methyl sites for hydroxylation is 1. The van der Waals surface area contributed by atoms with Crippen LogP contribution in [0.5, 0.6) is 0 Å². The summed E-state index contributed by atoms with van der Waals surface area (Å²) in [6.45, 7) is 3.93. The summed E-state index contributed by atoms with van der Waals surface area (Å²) in [5, 5.41) is 4.16. The number of nitrogens with one attached hydrogen (secondary N) is 1. The third-order valence-electron chi connectivity index (χ3n) is 3.33. The molecule has 0 radical (unpaired) electrons. The Hall–Kier alpha value is -2.95. The Morgan fingerprint density at radius 2 is 1.86 bits per heavy atom. The highest BCUT2D eigenvalue weighted by Gasteiger charge is 2.08. The quantitative estimate of drug-likeness (QED) is 0.587. The van der Waals surface area contributed by atoms with Crippen LogP contribution in [0.3, 0.4) is 0 Å². The van der Waals surface area contributed by atoms with E-state index in [1.165, 1.54) is 0 Å². The molecule has 3 rings (SSSR count). The summed E-state index contributed by atoms with van der Waals surface area (Å²) in [6, 6.07) is 13.5. The minimum Gasteiger partial charge on any atom is -0.463 e. The van der Waals surface area contributed by atoms with Crippen LogP contribution in [0, 0.1) is 13.8 Å². The molecule has 0 aliphatic rings. The molecule has 0 saturated heterocycles. The number of hydrogen-bond acceptors (Lipinski definition) is 5. The minimum atomic E-state index is 0.680. The lowest BCUT2D eigenvalue weighted by atomic mass is 10.2. The molecule has 5 heteroatoms. The van der Waals surface area contributed by atoms with Crippen LogP contribution in [0.2, 0.25) is 0 Å². The summed E-state index contributed by atoms with van der Waals surface area (Å²) in [5.41, 5.74) is 5.83. The van der Waals surface area contributed by atoms with Crippen molar-refractivity contribution < 1.29 is 4.42 Å². The van der Waals surface area contributed by atoms with Gasteiger partial charge in [-0.2, -0.15) is 5.10 Å². The largest absolute Gasteiger partial charge is 0.463 e.